The molecular formula is C12H13N5O3. The number of hydrogen-bond donors (Lipinski definition) is 3. The Morgan fingerprint density at radius 2 is 2.25 bits per heavy atom. The van der Waals surface area contributed by atoms with E-state index in [4.69, 9.17) is 10.9 Å². The lowest BCUT2D eigenvalue weighted by atomic mass is 10.1. The van der Waals surface area contributed by atoms with Crippen LogP contribution < -0.4 is 11.1 Å². The van der Waals surface area contributed by atoms with E-state index in [0.29, 0.717) is 29.9 Å². The van der Waals surface area contributed by atoms with E-state index >= 15 is 0 Å². The standard InChI is InChI=1S/C12H13N5O3/c13-11(16-19)8-2-1-3-9(6-8)12(18)14-5-4-10-15-7-20-17-10/h1-3,6-7,19H,4-5H2,(H2,13,16)(H,14,18). The fourth-order valence-electron chi connectivity index (χ4n) is 1.57. The Labute approximate surface area is 114 Å². The Hall–Kier alpha value is -2.90. The van der Waals surface area contributed by atoms with Crippen LogP contribution in [0.4, 0.5) is 0 Å². The van der Waals surface area contributed by atoms with Gasteiger partial charge in [0.1, 0.15) is 0 Å². The molecule has 0 bridgehead atoms. The van der Waals surface area contributed by atoms with E-state index in [-0.39, 0.29) is 11.7 Å². The molecule has 0 radical (unpaired) electrons. The first kappa shape index (κ1) is 13.5. The maximum Gasteiger partial charge on any atom is 0.251 e. The molecule has 104 valence electrons. The fraction of sp³-hybridized carbons (Fsp3) is 0.167. The minimum absolute atomic E-state index is 0.0496. The topological polar surface area (TPSA) is 127 Å². The highest BCUT2D eigenvalue weighted by atomic mass is 16.5. The molecule has 0 spiro atoms. The zero-order valence-electron chi connectivity index (χ0n) is 10.5. The number of nitrogens with two attached hydrogens (primary N) is 1. The van der Waals surface area contributed by atoms with Gasteiger partial charge in [0.25, 0.3) is 5.91 Å². The SMILES string of the molecule is N/C(=N/O)c1cccc(C(=O)NCCc2ncon2)c1. The van der Waals surface area contributed by atoms with Gasteiger partial charge >= 0.3 is 0 Å². The molecule has 1 amide bonds. The van der Waals surface area contributed by atoms with Crippen LogP contribution in [0.25, 0.3) is 0 Å². The van der Waals surface area contributed by atoms with E-state index in [1.165, 1.54) is 6.39 Å². The minimum atomic E-state index is -0.263. The summed E-state index contributed by atoms with van der Waals surface area (Å²) in [6.45, 7) is 0.381. The van der Waals surface area contributed by atoms with Gasteiger partial charge in [-0.1, -0.05) is 22.4 Å². The Kier molecular flexibility index (Phi) is 4.28. The second-order valence-electron chi connectivity index (χ2n) is 3.92. The molecule has 8 heteroatoms. The number of aromatic nitrogens is 2. The van der Waals surface area contributed by atoms with Crippen molar-refractivity contribution in [1.29, 1.82) is 0 Å². The molecule has 1 aromatic heterocycles. The molecule has 20 heavy (non-hydrogen) atoms. The summed E-state index contributed by atoms with van der Waals surface area (Å²) in [5.41, 5.74) is 6.36. The Balaban J connectivity index is 1.95. The molecule has 0 aliphatic carbocycles. The van der Waals surface area contributed by atoms with Gasteiger partial charge in [-0.25, -0.2) is 0 Å². The van der Waals surface area contributed by atoms with Crippen molar-refractivity contribution in [2.75, 3.05) is 6.54 Å². The lowest BCUT2D eigenvalue weighted by molar-refractivity contribution is 0.0954. The van der Waals surface area contributed by atoms with Gasteiger partial charge in [-0.05, 0) is 12.1 Å². The van der Waals surface area contributed by atoms with Crippen molar-refractivity contribution in [2.45, 2.75) is 6.42 Å². The predicted molar refractivity (Wildman–Crippen MR) is 69.3 cm³/mol. The summed E-state index contributed by atoms with van der Waals surface area (Å²) >= 11 is 0. The van der Waals surface area contributed by atoms with Gasteiger partial charge in [-0.3, -0.25) is 4.79 Å². The molecule has 1 heterocycles. The smallest absolute Gasteiger partial charge is 0.251 e. The highest BCUT2D eigenvalue weighted by Crippen LogP contribution is 2.05. The largest absolute Gasteiger partial charge is 0.409 e. The summed E-state index contributed by atoms with van der Waals surface area (Å²) < 4.78 is 4.59. The van der Waals surface area contributed by atoms with Crippen molar-refractivity contribution < 1.29 is 14.5 Å². The molecule has 8 nitrogen and oxygen atoms in total. The van der Waals surface area contributed by atoms with Crippen LogP contribution >= 0.6 is 0 Å². The first-order valence-electron chi connectivity index (χ1n) is 5.82. The van der Waals surface area contributed by atoms with E-state index in [9.17, 15) is 4.79 Å². The van der Waals surface area contributed by atoms with Gasteiger partial charge in [-0.2, -0.15) is 4.98 Å². The summed E-state index contributed by atoms with van der Waals surface area (Å²) in [6.07, 6.45) is 1.71. The summed E-state index contributed by atoms with van der Waals surface area (Å²) in [5, 5.41) is 17.8. The van der Waals surface area contributed by atoms with Crippen molar-refractivity contribution in [3.63, 3.8) is 0 Å². The van der Waals surface area contributed by atoms with Crippen LogP contribution in [-0.4, -0.2) is 33.6 Å². The van der Waals surface area contributed by atoms with Gasteiger partial charge in [-0.15, -0.1) is 0 Å². The highest BCUT2D eigenvalue weighted by Gasteiger charge is 2.08. The number of nitrogens with zero attached hydrogens (tertiary/aromatic N) is 3. The van der Waals surface area contributed by atoms with Gasteiger partial charge in [0.05, 0.1) is 0 Å². The van der Waals surface area contributed by atoms with E-state index < -0.39 is 0 Å². The van der Waals surface area contributed by atoms with E-state index in [1.807, 2.05) is 0 Å². The number of nitrogens with one attached hydrogen (secondary N) is 1. The summed E-state index contributed by atoms with van der Waals surface area (Å²) in [7, 11) is 0. The number of oxime groups is 1. The molecule has 4 N–H and O–H groups in total. The van der Waals surface area contributed by atoms with Gasteiger partial charge in [0.15, 0.2) is 11.7 Å². The Bertz CT molecular complexity index is 609. The van der Waals surface area contributed by atoms with Crippen LogP contribution in [-0.2, 0) is 6.42 Å². The average molecular weight is 275 g/mol. The van der Waals surface area contributed by atoms with Crippen LogP contribution in [0.2, 0.25) is 0 Å². The van der Waals surface area contributed by atoms with Crippen molar-refractivity contribution in [1.82, 2.24) is 15.5 Å². The van der Waals surface area contributed by atoms with Gasteiger partial charge in [0, 0.05) is 24.1 Å². The van der Waals surface area contributed by atoms with Crippen LogP contribution in [0.5, 0.6) is 0 Å². The van der Waals surface area contributed by atoms with Crippen LogP contribution in [0.1, 0.15) is 21.7 Å². The van der Waals surface area contributed by atoms with Crippen LogP contribution in [0, 0.1) is 0 Å². The fourth-order valence-corrected chi connectivity index (χ4v) is 1.57. The molecule has 2 rings (SSSR count). The lowest BCUT2D eigenvalue weighted by Gasteiger charge is -2.05. The molecular weight excluding hydrogens is 262 g/mol. The number of hydrogen-bond acceptors (Lipinski definition) is 6. The van der Waals surface area contributed by atoms with E-state index in [0.717, 1.165) is 0 Å². The third kappa shape index (κ3) is 3.31. The van der Waals surface area contributed by atoms with Gasteiger partial charge in [0.2, 0.25) is 6.39 Å². The van der Waals surface area contributed by atoms with Crippen molar-refractivity contribution in [2.24, 2.45) is 10.9 Å². The van der Waals surface area contributed by atoms with E-state index in [1.54, 1.807) is 24.3 Å². The van der Waals surface area contributed by atoms with Crippen molar-refractivity contribution >= 4 is 11.7 Å². The third-order valence-corrected chi connectivity index (χ3v) is 2.57. The molecule has 0 unspecified atom stereocenters. The summed E-state index contributed by atoms with van der Waals surface area (Å²) in [5.74, 6) is 0.211. The monoisotopic (exact) mass is 275 g/mol. The molecule has 0 saturated carbocycles. The van der Waals surface area contributed by atoms with Gasteiger partial charge < -0.3 is 20.8 Å². The molecule has 0 atom stereocenters. The first-order valence-corrected chi connectivity index (χ1v) is 5.82. The second kappa shape index (κ2) is 6.32. The number of benzene rings is 1. The number of carbonyl (C=O) groups excluding carboxylic acids is 1. The molecule has 1 aromatic carbocycles. The zero-order valence-corrected chi connectivity index (χ0v) is 10.5. The number of rotatable bonds is 5. The molecule has 2 aromatic rings. The first-order chi connectivity index (χ1) is 9.70. The maximum absolute atomic E-state index is 11.9. The Morgan fingerprint density at radius 3 is 2.95 bits per heavy atom. The Morgan fingerprint density at radius 1 is 1.45 bits per heavy atom. The van der Waals surface area contributed by atoms with Crippen LogP contribution in [0.15, 0.2) is 40.3 Å². The van der Waals surface area contributed by atoms with E-state index in [2.05, 4.69) is 25.1 Å². The number of carbonyl (C=O) groups is 1. The molecule has 0 saturated heterocycles. The number of amidine groups is 1. The third-order valence-electron chi connectivity index (χ3n) is 2.57. The maximum atomic E-state index is 11.9. The zero-order chi connectivity index (χ0) is 14.4. The molecule has 0 fully saturated rings. The highest BCUT2D eigenvalue weighted by molar-refractivity contribution is 6.01. The lowest BCUT2D eigenvalue weighted by Crippen LogP contribution is -2.26. The summed E-state index contributed by atoms with van der Waals surface area (Å²) in [4.78, 5) is 15.8. The van der Waals surface area contributed by atoms with Crippen molar-refractivity contribution in [3.05, 3.63) is 47.6 Å². The van der Waals surface area contributed by atoms with Crippen molar-refractivity contribution in [3.8, 4) is 0 Å². The quantitative estimate of drug-likeness (QED) is 0.308. The second-order valence-corrected chi connectivity index (χ2v) is 3.92. The minimum Gasteiger partial charge on any atom is -0.409 e. The molecule has 0 aliphatic heterocycles. The summed E-state index contributed by atoms with van der Waals surface area (Å²) in [6, 6.07) is 6.48. The number of amides is 1. The average Bonchev–Trinajstić information content (AvgIpc) is 2.99. The molecule has 0 aliphatic rings. The normalized spacial score (nSPS) is 11.3. The van der Waals surface area contributed by atoms with Crippen LogP contribution in [0.3, 0.4) is 0 Å². The predicted octanol–water partition coefficient (Wildman–Crippen LogP) is 0.137.